The molecule has 18 heavy (non-hydrogen) atoms. The number of phenolic OH excluding ortho intramolecular Hbond substituents is 1. The maximum atomic E-state index is 11.5. The summed E-state index contributed by atoms with van der Waals surface area (Å²) in [6.45, 7) is 0. The molecule has 0 fully saturated rings. The number of imide groups is 1. The summed E-state index contributed by atoms with van der Waals surface area (Å²) in [5, 5.41) is 10.4. The van der Waals surface area contributed by atoms with Crippen LogP contribution in [0.1, 0.15) is 12.0 Å². The zero-order chi connectivity index (χ0) is 13.3. The van der Waals surface area contributed by atoms with Crippen molar-refractivity contribution in [3.63, 3.8) is 0 Å². The van der Waals surface area contributed by atoms with E-state index in [1.807, 2.05) is 0 Å². The van der Waals surface area contributed by atoms with Crippen molar-refractivity contribution in [1.29, 1.82) is 0 Å². The Morgan fingerprint density at radius 3 is 2.67 bits per heavy atom. The summed E-state index contributed by atoms with van der Waals surface area (Å²) in [6, 6.07) is 4.65. The number of carbonyl (C=O) groups is 2. The van der Waals surface area contributed by atoms with Gasteiger partial charge in [-0.05, 0) is 17.7 Å². The molecule has 1 aliphatic heterocycles. The molecule has 0 unspecified atom stereocenters. The molecule has 0 atom stereocenters. The zero-order valence-electron chi connectivity index (χ0n) is 9.71. The lowest BCUT2D eigenvalue weighted by molar-refractivity contribution is -0.142. The van der Waals surface area contributed by atoms with Gasteiger partial charge in [-0.25, -0.2) is 10.9 Å². The molecule has 2 amide bonds. The van der Waals surface area contributed by atoms with Gasteiger partial charge in [-0.15, -0.1) is 0 Å². The van der Waals surface area contributed by atoms with Gasteiger partial charge in [-0.2, -0.15) is 0 Å². The van der Waals surface area contributed by atoms with Crippen LogP contribution in [0, 0.1) is 0 Å². The summed E-state index contributed by atoms with van der Waals surface area (Å²) in [5.41, 5.74) is 0.859. The van der Waals surface area contributed by atoms with E-state index >= 15 is 0 Å². The Kier molecular flexibility index (Phi) is 3.03. The van der Waals surface area contributed by atoms with E-state index in [1.54, 1.807) is 12.1 Å². The van der Waals surface area contributed by atoms with Crippen LogP contribution in [-0.2, 0) is 9.59 Å². The van der Waals surface area contributed by atoms with Crippen LogP contribution >= 0.6 is 0 Å². The second-order valence-corrected chi connectivity index (χ2v) is 3.83. The van der Waals surface area contributed by atoms with Gasteiger partial charge >= 0.3 is 0 Å². The monoisotopic (exact) mass is 248 g/mol. The standard InChI is InChI=1S/C12H12N2O4/c1-18-8-2-3-9(10(15)6-8)7-4-11(16)14(13)12(17)5-7/h2-4,6,15H,5,13H2,1H3. The lowest BCUT2D eigenvalue weighted by atomic mass is 9.98. The molecule has 0 radical (unpaired) electrons. The Hall–Kier alpha value is -2.34. The summed E-state index contributed by atoms with van der Waals surface area (Å²) in [7, 11) is 1.48. The number of nitrogens with two attached hydrogens (primary N) is 1. The van der Waals surface area contributed by atoms with Crippen LogP contribution in [0.4, 0.5) is 0 Å². The highest BCUT2D eigenvalue weighted by Crippen LogP contribution is 2.32. The smallest absolute Gasteiger partial charge is 0.267 e. The summed E-state index contributed by atoms with van der Waals surface area (Å²) in [4.78, 5) is 22.9. The number of hydrogen-bond donors (Lipinski definition) is 2. The molecular formula is C12H12N2O4. The molecule has 94 valence electrons. The number of nitrogens with zero attached hydrogens (tertiary/aromatic N) is 1. The lowest BCUT2D eigenvalue weighted by Crippen LogP contribution is -2.44. The van der Waals surface area contributed by atoms with Crippen LogP contribution in [0.25, 0.3) is 5.57 Å². The zero-order valence-corrected chi connectivity index (χ0v) is 9.71. The highest BCUT2D eigenvalue weighted by atomic mass is 16.5. The SMILES string of the molecule is COc1ccc(C2=CC(=O)N(N)C(=O)C2)c(O)c1. The van der Waals surface area contributed by atoms with E-state index in [1.165, 1.54) is 19.3 Å². The van der Waals surface area contributed by atoms with Crippen molar-refractivity contribution in [2.24, 2.45) is 5.84 Å². The van der Waals surface area contributed by atoms with Gasteiger partial charge in [0.05, 0.1) is 13.5 Å². The molecular weight excluding hydrogens is 236 g/mol. The molecule has 1 aromatic carbocycles. The van der Waals surface area contributed by atoms with Gasteiger partial charge in [0.1, 0.15) is 11.5 Å². The van der Waals surface area contributed by atoms with Crippen LogP contribution in [0.5, 0.6) is 11.5 Å². The van der Waals surface area contributed by atoms with Crippen LogP contribution in [0.3, 0.4) is 0 Å². The first-order valence-electron chi connectivity index (χ1n) is 5.22. The number of carbonyl (C=O) groups excluding carboxylic acids is 2. The normalized spacial score (nSPS) is 15.7. The Balaban J connectivity index is 2.41. The van der Waals surface area contributed by atoms with Crippen LogP contribution < -0.4 is 10.6 Å². The average molecular weight is 248 g/mol. The van der Waals surface area contributed by atoms with Crippen molar-refractivity contribution in [2.75, 3.05) is 7.11 Å². The third kappa shape index (κ3) is 2.05. The minimum atomic E-state index is -0.600. The Labute approximate surface area is 103 Å². The molecule has 0 aliphatic carbocycles. The van der Waals surface area contributed by atoms with E-state index in [-0.39, 0.29) is 12.2 Å². The Morgan fingerprint density at radius 2 is 2.11 bits per heavy atom. The van der Waals surface area contributed by atoms with Gasteiger partial charge in [0.2, 0.25) is 5.91 Å². The second-order valence-electron chi connectivity index (χ2n) is 3.83. The van der Waals surface area contributed by atoms with Crippen molar-refractivity contribution in [2.45, 2.75) is 6.42 Å². The van der Waals surface area contributed by atoms with Crippen molar-refractivity contribution < 1.29 is 19.4 Å². The molecule has 1 aliphatic rings. The van der Waals surface area contributed by atoms with Gasteiger partial charge in [0.15, 0.2) is 0 Å². The number of hydrogen-bond acceptors (Lipinski definition) is 5. The first-order valence-corrected chi connectivity index (χ1v) is 5.22. The van der Waals surface area contributed by atoms with E-state index < -0.39 is 11.8 Å². The van der Waals surface area contributed by atoms with Crippen LogP contribution in [0.15, 0.2) is 24.3 Å². The van der Waals surface area contributed by atoms with Crippen molar-refractivity contribution >= 4 is 17.4 Å². The molecule has 6 heteroatoms. The molecule has 0 bridgehead atoms. The van der Waals surface area contributed by atoms with Gasteiger partial charge in [0, 0.05) is 17.7 Å². The molecule has 0 saturated heterocycles. The molecule has 0 saturated carbocycles. The first kappa shape index (κ1) is 12.1. The fourth-order valence-electron chi connectivity index (χ4n) is 1.72. The maximum Gasteiger partial charge on any atom is 0.267 e. The quantitative estimate of drug-likeness (QED) is 0.449. The fraction of sp³-hybridized carbons (Fsp3) is 0.167. The molecule has 6 nitrogen and oxygen atoms in total. The lowest BCUT2D eigenvalue weighted by Gasteiger charge is -2.20. The summed E-state index contributed by atoms with van der Waals surface area (Å²) in [6.07, 6.45) is 1.21. The predicted octanol–water partition coefficient (Wildman–Crippen LogP) is 0.417. The minimum absolute atomic E-state index is 0.0257. The van der Waals surface area contributed by atoms with Crippen LogP contribution in [-0.4, -0.2) is 29.0 Å². The number of phenols is 1. The Morgan fingerprint density at radius 1 is 1.39 bits per heavy atom. The van der Waals surface area contributed by atoms with Gasteiger partial charge in [-0.3, -0.25) is 9.59 Å². The first-order chi connectivity index (χ1) is 8.52. The number of rotatable bonds is 2. The van der Waals surface area contributed by atoms with Gasteiger partial charge in [-0.1, -0.05) is 0 Å². The predicted molar refractivity (Wildman–Crippen MR) is 63.3 cm³/mol. The Bertz CT molecular complexity index is 551. The minimum Gasteiger partial charge on any atom is -0.507 e. The largest absolute Gasteiger partial charge is 0.507 e. The highest BCUT2D eigenvalue weighted by molar-refractivity contribution is 6.11. The van der Waals surface area contributed by atoms with Gasteiger partial charge < -0.3 is 9.84 Å². The third-order valence-corrected chi connectivity index (χ3v) is 2.70. The number of hydrazine groups is 1. The van der Waals surface area contributed by atoms with Crippen molar-refractivity contribution in [1.82, 2.24) is 5.01 Å². The van der Waals surface area contributed by atoms with E-state index in [0.29, 0.717) is 21.9 Å². The molecule has 2 rings (SSSR count). The van der Waals surface area contributed by atoms with E-state index in [4.69, 9.17) is 10.6 Å². The molecule has 0 aromatic heterocycles. The summed E-state index contributed by atoms with van der Waals surface area (Å²) in [5.74, 6) is 4.59. The van der Waals surface area contributed by atoms with Crippen LogP contribution in [0.2, 0.25) is 0 Å². The van der Waals surface area contributed by atoms with Crippen molar-refractivity contribution in [3.8, 4) is 11.5 Å². The van der Waals surface area contributed by atoms with Gasteiger partial charge in [0.25, 0.3) is 5.91 Å². The number of benzene rings is 1. The number of amides is 2. The number of ether oxygens (including phenoxy) is 1. The molecule has 1 aromatic rings. The fourth-order valence-corrected chi connectivity index (χ4v) is 1.72. The maximum absolute atomic E-state index is 11.5. The molecule has 3 N–H and O–H groups in total. The second kappa shape index (κ2) is 4.50. The average Bonchev–Trinajstić information content (AvgIpc) is 2.35. The van der Waals surface area contributed by atoms with Crippen molar-refractivity contribution in [3.05, 3.63) is 29.8 Å². The van der Waals surface area contributed by atoms with E-state index in [0.717, 1.165) is 0 Å². The summed E-state index contributed by atoms with van der Waals surface area (Å²) >= 11 is 0. The number of methoxy groups -OCH3 is 1. The van der Waals surface area contributed by atoms with E-state index in [9.17, 15) is 14.7 Å². The number of aromatic hydroxyl groups is 1. The summed E-state index contributed by atoms with van der Waals surface area (Å²) < 4.78 is 4.96. The topological polar surface area (TPSA) is 92.9 Å². The highest BCUT2D eigenvalue weighted by Gasteiger charge is 2.25. The molecule has 1 heterocycles. The third-order valence-electron chi connectivity index (χ3n) is 2.70. The van der Waals surface area contributed by atoms with E-state index in [2.05, 4.69) is 0 Å². The molecule has 0 spiro atoms.